The predicted molar refractivity (Wildman–Crippen MR) is 104 cm³/mol. The van der Waals surface area contributed by atoms with Crippen LogP contribution in [-0.4, -0.2) is 37.1 Å². The molecule has 1 saturated heterocycles. The number of anilines is 1. The van der Waals surface area contributed by atoms with Crippen molar-refractivity contribution in [1.82, 2.24) is 10.3 Å². The van der Waals surface area contributed by atoms with Gasteiger partial charge in [0.05, 0.1) is 0 Å². The number of amides is 1. The van der Waals surface area contributed by atoms with E-state index in [1.807, 2.05) is 24.3 Å². The van der Waals surface area contributed by atoms with E-state index in [9.17, 15) is 9.18 Å². The summed E-state index contributed by atoms with van der Waals surface area (Å²) in [6.45, 7) is 2.06. The van der Waals surface area contributed by atoms with E-state index in [0.717, 1.165) is 37.0 Å². The molecular weight excluding hydrogens is 361 g/mol. The van der Waals surface area contributed by atoms with Crippen molar-refractivity contribution in [3.05, 3.63) is 54.3 Å². The number of oxazole rings is 1. The van der Waals surface area contributed by atoms with Crippen LogP contribution < -0.4 is 15.0 Å². The molecule has 0 bridgehead atoms. The number of nitrogens with zero attached hydrogens (tertiary/aromatic N) is 2. The Morgan fingerprint density at radius 2 is 1.93 bits per heavy atom. The zero-order valence-corrected chi connectivity index (χ0v) is 15.4. The maximum absolute atomic E-state index is 13.5. The molecular formula is C21H22FN3O3. The largest absolute Gasteiger partial charge is 0.481 e. The first-order valence-corrected chi connectivity index (χ1v) is 9.43. The summed E-state index contributed by atoms with van der Waals surface area (Å²) in [7, 11) is 0. The van der Waals surface area contributed by atoms with Crippen molar-refractivity contribution in [3.8, 4) is 5.75 Å². The van der Waals surface area contributed by atoms with Crippen LogP contribution in [0.1, 0.15) is 12.8 Å². The van der Waals surface area contributed by atoms with E-state index in [-0.39, 0.29) is 18.3 Å². The molecule has 0 saturated carbocycles. The highest BCUT2D eigenvalue weighted by molar-refractivity contribution is 5.77. The monoisotopic (exact) mass is 383 g/mol. The van der Waals surface area contributed by atoms with Crippen molar-refractivity contribution in [3.63, 3.8) is 0 Å². The number of nitrogens with one attached hydrogen (secondary N) is 1. The van der Waals surface area contributed by atoms with Crippen molar-refractivity contribution in [2.24, 2.45) is 5.92 Å². The van der Waals surface area contributed by atoms with Crippen molar-refractivity contribution in [1.29, 1.82) is 0 Å². The van der Waals surface area contributed by atoms with Crippen molar-refractivity contribution in [2.75, 3.05) is 31.1 Å². The first-order valence-electron chi connectivity index (χ1n) is 9.43. The summed E-state index contributed by atoms with van der Waals surface area (Å²) >= 11 is 0. The molecule has 1 aliphatic heterocycles. The van der Waals surface area contributed by atoms with Crippen LogP contribution in [0.25, 0.3) is 11.1 Å². The van der Waals surface area contributed by atoms with E-state index in [0.29, 0.717) is 18.5 Å². The highest BCUT2D eigenvalue weighted by Gasteiger charge is 2.23. The second-order valence-corrected chi connectivity index (χ2v) is 6.92. The number of ether oxygens (including phenoxy) is 1. The van der Waals surface area contributed by atoms with Crippen LogP contribution in [0.15, 0.2) is 52.9 Å². The molecule has 6 nitrogen and oxygen atoms in total. The molecule has 3 aromatic rings. The van der Waals surface area contributed by atoms with Crippen LogP contribution in [0.4, 0.5) is 10.4 Å². The number of para-hydroxylation sites is 3. The summed E-state index contributed by atoms with van der Waals surface area (Å²) in [5.74, 6) is -0.242. The Labute approximate surface area is 162 Å². The van der Waals surface area contributed by atoms with Gasteiger partial charge in [0.15, 0.2) is 23.8 Å². The fourth-order valence-corrected chi connectivity index (χ4v) is 3.34. The smallest absolute Gasteiger partial charge is 0.298 e. The van der Waals surface area contributed by atoms with Gasteiger partial charge in [-0.3, -0.25) is 4.79 Å². The quantitative estimate of drug-likeness (QED) is 0.707. The normalized spacial score (nSPS) is 15.0. The summed E-state index contributed by atoms with van der Waals surface area (Å²) in [6.07, 6.45) is 1.88. The Bertz CT molecular complexity index is 918. The molecule has 2 heterocycles. The van der Waals surface area contributed by atoms with Gasteiger partial charge in [-0.25, -0.2) is 4.39 Å². The minimum atomic E-state index is -0.470. The Morgan fingerprint density at radius 3 is 2.71 bits per heavy atom. The molecule has 1 amide bonds. The fraction of sp³-hybridized carbons (Fsp3) is 0.333. The van der Waals surface area contributed by atoms with Crippen molar-refractivity contribution in [2.45, 2.75) is 12.8 Å². The molecule has 0 atom stereocenters. The third-order valence-electron chi connectivity index (χ3n) is 4.95. The average Bonchev–Trinajstić information content (AvgIpc) is 3.16. The van der Waals surface area contributed by atoms with Crippen molar-refractivity contribution >= 4 is 23.0 Å². The van der Waals surface area contributed by atoms with Crippen LogP contribution in [0, 0.1) is 11.7 Å². The Kier molecular flexibility index (Phi) is 5.41. The Balaban J connectivity index is 1.21. The van der Waals surface area contributed by atoms with Crippen LogP contribution in [0.3, 0.4) is 0 Å². The van der Waals surface area contributed by atoms with Gasteiger partial charge in [-0.1, -0.05) is 24.3 Å². The lowest BCUT2D eigenvalue weighted by Gasteiger charge is -2.30. The number of aromatic nitrogens is 1. The summed E-state index contributed by atoms with van der Waals surface area (Å²) in [5, 5.41) is 2.87. The molecule has 146 valence electrons. The van der Waals surface area contributed by atoms with E-state index in [1.165, 1.54) is 12.1 Å². The number of carbonyl (C=O) groups excluding carboxylic acids is 1. The summed E-state index contributed by atoms with van der Waals surface area (Å²) in [5.41, 5.74) is 1.66. The average molecular weight is 383 g/mol. The molecule has 2 aromatic carbocycles. The number of hydrogen-bond donors (Lipinski definition) is 1. The van der Waals surface area contributed by atoms with Gasteiger partial charge >= 0.3 is 0 Å². The maximum atomic E-state index is 13.5. The van der Waals surface area contributed by atoms with Crippen LogP contribution in [-0.2, 0) is 4.79 Å². The summed E-state index contributed by atoms with van der Waals surface area (Å²) in [4.78, 5) is 18.6. The molecule has 4 rings (SSSR count). The second-order valence-electron chi connectivity index (χ2n) is 6.92. The lowest BCUT2D eigenvalue weighted by atomic mass is 9.97. The summed E-state index contributed by atoms with van der Waals surface area (Å²) in [6, 6.07) is 14.4. The van der Waals surface area contributed by atoms with E-state index < -0.39 is 5.82 Å². The second kappa shape index (κ2) is 8.29. The standard InChI is InChI=1S/C21H22FN3O3/c22-16-5-1-3-7-18(16)27-14-20(26)23-13-15-9-11-25(12-10-15)21-24-17-6-2-4-8-19(17)28-21/h1-8,15H,9-14H2,(H,23,26). The predicted octanol–water partition coefficient (Wildman–Crippen LogP) is 3.38. The number of carbonyl (C=O) groups is 1. The highest BCUT2D eigenvalue weighted by Crippen LogP contribution is 2.26. The van der Waals surface area contributed by atoms with Gasteiger partial charge in [-0.15, -0.1) is 0 Å². The Hall–Kier alpha value is -3.09. The lowest BCUT2D eigenvalue weighted by Crippen LogP contribution is -2.40. The zero-order valence-electron chi connectivity index (χ0n) is 15.4. The SMILES string of the molecule is O=C(COc1ccccc1F)NCC1CCN(c2nc3ccccc3o2)CC1. The van der Waals surface area contributed by atoms with Gasteiger partial charge in [-0.05, 0) is 43.0 Å². The molecule has 28 heavy (non-hydrogen) atoms. The summed E-state index contributed by atoms with van der Waals surface area (Å²) < 4.78 is 24.5. The minimum absolute atomic E-state index is 0.0873. The third kappa shape index (κ3) is 4.24. The molecule has 1 fully saturated rings. The maximum Gasteiger partial charge on any atom is 0.298 e. The van der Waals surface area contributed by atoms with Crippen LogP contribution in [0.5, 0.6) is 5.75 Å². The molecule has 1 N–H and O–H groups in total. The number of benzene rings is 2. The van der Waals surface area contributed by atoms with Gasteiger partial charge in [0.1, 0.15) is 5.52 Å². The van der Waals surface area contributed by atoms with Gasteiger partial charge < -0.3 is 19.4 Å². The molecule has 1 aromatic heterocycles. The van der Waals surface area contributed by atoms with E-state index in [4.69, 9.17) is 9.15 Å². The number of rotatable bonds is 6. The topological polar surface area (TPSA) is 67.6 Å². The van der Waals surface area contributed by atoms with E-state index in [1.54, 1.807) is 12.1 Å². The highest BCUT2D eigenvalue weighted by atomic mass is 19.1. The third-order valence-corrected chi connectivity index (χ3v) is 4.95. The van der Waals surface area contributed by atoms with Gasteiger partial charge in [0.2, 0.25) is 0 Å². The van der Waals surface area contributed by atoms with E-state index >= 15 is 0 Å². The van der Waals surface area contributed by atoms with Crippen LogP contribution >= 0.6 is 0 Å². The Morgan fingerprint density at radius 1 is 1.18 bits per heavy atom. The zero-order chi connectivity index (χ0) is 19.3. The van der Waals surface area contributed by atoms with Gasteiger partial charge in [-0.2, -0.15) is 4.98 Å². The fourth-order valence-electron chi connectivity index (χ4n) is 3.34. The number of piperidine rings is 1. The molecule has 0 unspecified atom stereocenters. The number of hydrogen-bond acceptors (Lipinski definition) is 5. The van der Waals surface area contributed by atoms with Gasteiger partial charge in [0, 0.05) is 19.6 Å². The first kappa shape index (κ1) is 18.3. The number of fused-ring (bicyclic) bond motifs is 1. The minimum Gasteiger partial charge on any atom is -0.481 e. The molecule has 0 radical (unpaired) electrons. The lowest BCUT2D eigenvalue weighted by molar-refractivity contribution is -0.123. The van der Waals surface area contributed by atoms with Crippen molar-refractivity contribution < 1.29 is 18.3 Å². The van der Waals surface area contributed by atoms with Crippen LogP contribution in [0.2, 0.25) is 0 Å². The molecule has 0 spiro atoms. The number of halogens is 1. The van der Waals surface area contributed by atoms with Gasteiger partial charge in [0.25, 0.3) is 11.9 Å². The van der Waals surface area contributed by atoms with E-state index in [2.05, 4.69) is 15.2 Å². The molecule has 0 aliphatic carbocycles. The first-order chi connectivity index (χ1) is 13.7. The molecule has 1 aliphatic rings. The molecule has 7 heteroatoms.